The second kappa shape index (κ2) is 16.4. The van der Waals surface area contributed by atoms with Crippen LogP contribution >= 0.6 is 0 Å². The van der Waals surface area contributed by atoms with Crippen LogP contribution in [0.1, 0.15) is 48.8 Å². The number of hydrogen-bond donors (Lipinski definition) is 0. The zero-order chi connectivity index (χ0) is 28.6. The fraction of sp³-hybridized carbons (Fsp3) is 0.323. The molecule has 2 unspecified atom stereocenters. The highest BCUT2D eigenvalue weighted by Crippen LogP contribution is 2.22. The van der Waals surface area contributed by atoms with Crippen LogP contribution in [0.25, 0.3) is 0 Å². The molecule has 40 heavy (non-hydrogen) atoms. The van der Waals surface area contributed by atoms with Gasteiger partial charge in [-0.25, -0.2) is 0 Å². The summed E-state index contributed by atoms with van der Waals surface area (Å²) in [6, 6.07) is 26.1. The number of carbonyl (C=O) groups excluding carboxylic acids is 3. The van der Waals surface area contributed by atoms with Gasteiger partial charge in [-0.15, -0.1) is 0 Å². The second-order valence-corrected chi connectivity index (χ2v) is 9.34. The van der Waals surface area contributed by atoms with Crippen LogP contribution < -0.4 is 0 Å². The summed E-state index contributed by atoms with van der Waals surface area (Å²) in [5.74, 6) is -2.66. The molecule has 0 bridgehead atoms. The Morgan fingerprint density at radius 1 is 0.625 bits per heavy atom. The van der Waals surface area contributed by atoms with Gasteiger partial charge in [0.05, 0.1) is 12.3 Å². The number of nitro groups is 1. The van der Waals surface area contributed by atoms with Gasteiger partial charge in [0.25, 0.3) is 0 Å². The van der Waals surface area contributed by atoms with Crippen molar-refractivity contribution in [1.29, 1.82) is 0 Å². The van der Waals surface area contributed by atoms with Crippen molar-refractivity contribution in [3.8, 4) is 0 Å². The van der Waals surface area contributed by atoms with Gasteiger partial charge < -0.3 is 14.2 Å². The molecule has 9 nitrogen and oxygen atoms in total. The van der Waals surface area contributed by atoms with Gasteiger partial charge in [-0.2, -0.15) is 0 Å². The molecular weight excluding hydrogens is 514 g/mol. The minimum absolute atomic E-state index is 0.00354. The third-order valence-corrected chi connectivity index (χ3v) is 6.28. The predicted molar refractivity (Wildman–Crippen MR) is 146 cm³/mol. The van der Waals surface area contributed by atoms with E-state index < -0.39 is 34.8 Å². The average molecular weight is 548 g/mol. The van der Waals surface area contributed by atoms with Crippen molar-refractivity contribution in [2.24, 2.45) is 5.92 Å². The molecule has 0 saturated carbocycles. The molecule has 0 aliphatic heterocycles. The van der Waals surface area contributed by atoms with Gasteiger partial charge >= 0.3 is 17.9 Å². The van der Waals surface area contributed by atoms with Crippen LogP contribution in [0, 0.1) is 16.0 Å². The fourth-order valence-electron chi connectivity index (χ4n) is 4.01. The smallest absolute Gasteiger partial charge is 0.309 e. The number of carbonyl (C=O) groups is 3. The molecule has 0 heterocycles. The number of ether oxygens (including phenoxy) is 3. The molecule has 3 aromatic rings. The molecule has 0 saturated heterocycles. The summed E-state index contributed by atoms with van der Waals surface area (Å²) in [4.78, 5) is 48.9. The molecule has 3 aromatic carbocycles. The lowest BCUT2D eigenvalue weighted by molar-refractivity contribution is -0.525. The van der Waals surface area contributed by atoms with E-state index in [4.69, 9.17) is 14.2 Å². The molecule has 0 aliphatic rings. The molecule has 3 rings (SSSR count). The van der Waals surface area contributed by atoms with Crippen molar-refractivity contribution in [1.82, 2.24) is 0 Å². The quantitative estimate of drug-likeness (QED) is 0.101. The standard InChI is InChI=1S/C31H33NO8/c33-29(38-21-24-10-4-1-5-11-24)18-16-27(31(35)40-23-26-14-8-3-9-15-26)20-28(32(36)37)17-19-30(34)39-22-25-12-6-2-7-13-25/h1-15,27-28H,16-23H2. The van der Waals surface area contributed by atoms with E-state index in [1.165, 1.54) is 0 Å². The molecule has 0 aliphatic carbocycles. The summed E-state index contributed by atoms with van der Waals surface area (Å²) in [7, 11) is 0. The maximum Gasteiger partial charge on any atom is 0.309 e. The minimum atomic E-state index is -1.20. The van der Waals surface area contributed by atoms with E-state index in [0.717, 1.165) is 16.7 Å². The van der Waals surface area contributed by atoms with E-state index in [1.54, 1.807) is 12.1 Å². The summed E-state index contributed by atoms with van der Waals surface area (Å²) < 4.78 is 16.0. The highest BCUT2D eigenvalue weighted by atomic mass is 16.6. The molecule has 0 fully saturated rings. The molecule has 0 radical (unpaired) electrons. The SMILES string of the molecule is O=C(CCC(CC(CCC(=O)OCc1ccccc1)[N+](=O)[O-])C(=O)OCc1ccccc1)OCc1ccccc1. The van der Waals surface area contributed by atoms with Crippen LogP contribution in [0.15, 0.2) is 91.0 Å². The fourth-order valence-corrected chi connectivity index (χ4v) is 4.01. The van der Waals surface area contributed by atoms with Gasteiger partial charge in [0.15, 0.2) is 0 Å². The average Bonchev–Trinajstić information content (AvgIpc) is 2.98. The van der Waals surface area contributed by atoms with Gasteiger partial charge in [-0.05, 0) is 23.1 Å². The number of benzene rings is 3. The number of nitrogens with zero attached hydrogens (tertiary/aromatic N) is 1. The second-order valence-electron chi connectivity index (χ2n) is 9.34. The summed E-state index contributed by atoms with van der Waals surface area (Å²) in [5.41, 5.74) is 2.40. The lowest BCUT2D eigenvalue weighted by Gasteiger charge is -2.18. The summed E-state index contributed by atoms with van der Waals surface area (Å²) in [6.07, 6.45) is -0.561. The number of hydrogen-bond acceptors (Lipinski definition) is 8. The lowest BCUT2D eigenvalue weighted by Crippen LogP contribution is -2.29. The summed E-state index contributed by atoms with van der Waals surface area (Å²) in [5, 5.41) is 11.8. The third-order valence-electron chi connectivity index (χ3n) is 6.28. The third kappa shape index (κ3) is 11.1. The minimum Gasteiger partial charge on any atom is -0.461 e. The molecule has 0 N–H and O–H groups in total. The number of rotatable bonds is 16. The molecule has 0 spiro atoms. The Hall–Kier alpha value is -4.53. The van der Waals surface area contributed by atoms with Gasteiger partial charge in [0.1, 0.15) is 19.8 Å². The molecule has 0 amide bonds. The van der Waals surface area contributed by atoms with E-state index in [2.05, 4.69) is 0 Å². The number of esters is 3. The van der Waals surface area contributed by atoms with Crippen molar-refractivity contribution in [2.45, 2.75) is 58.0 Å². The summed E-state index contributed by atoms with van der Waals surface area (Å²) in [6.45, 7) is 0.164. The molecule has 2 atom stereocenters. The maximum atomic E-state index is 13.0. The van der Waals surface area contributed by atoms with E-state index in [1.807, 2.05) is 78.9 Å². The van der Waals surface area contributed by atoms with Crippen molar-refractivity contribution >= 4 is 17.9 Å². The molecule has 0 aromatic heterocycles. The Morgan fingerprint density at radius 2 is 1.02 bits per heavy atom. The first-order valence-electron chi connectivity index (χ1n) is 13.1. The highest BCUT2D eigenvalue weighted by molar-refractivity contribution is 5.74. The van der Waals surface area contributed by atoms with E-state index in [-0.39, 0.29) is 51.9 Å². The maximum absolute atomic E-state index is 13.0. The Labute approximate surface area is 233 Å². The Balaban J connectivity index is 1.56. The van der Waals surface area contributed by atoms with Crippen LogP contribution in [0.4, 0.5) is 0 Å². The van der Waals surface area contributed by atoms with Crippen molar-refractivity contribution in [3.63, 3.8) is 0 Å². The van der Waals surface area contributed by atoms with E-state index >= 15 is 0 Å². The van der Waals surface area contributed by atoms with Crippen LogP contribution in [0.2, 0.25) is 0 Å². The van der Waals surface area contributed by atoms with Gasteiger partial charge in [-0.1, -0.05) is 91.0 Å². The summed E-state index contributed by atoms with van der Waals surface area (Å²) >= 11 is 0. The van der Waals surface area contributed by atoms with Crippen LogP contribution in [0.5, 0.6) is 0 Å². The first kappa shape index (κ1) is 30.0. The molecule has 9 heteroatoms. The van der Waals surface area contributed by atoms with Crippen molar-refractivity contribution < 1.29 is 33.5 Å². The predicted octanol–water partition coefficient (Wildman–Crippen LogP) is 5.43. The highest BCUT2D eigenvalue weighted by Gasteiger charge is 2.32. The van der Waals surface area contributed by atoms with Crippen LogP contribution in [-0.4, -0.2) is 28.9 Å². The lowest BCUT2D eigenvalue weighted by atomic mass is 9.93. The Morgan fingerprint density at radius 3 is 1.45 bits per heavy atom. The van der Waals surface area contributed by atoms with Gasteiger partial charge in [0, 0.05) is 24.2 Å². The zero-order valence-electron chi connectivity index (χ0n) is 22.2. The molecule has 210 valence electrons. The van der Waals surface area contributed by atoms with Crippen LogP contribution in [-0.2, 0) is 48.4 Å². The molecular formula is C31H33NO8. The van der Waals surface area contributed by atoms with Crippen LogP contribution in [0.3, 0.4) is 0 Å². The first-order valence-corrected chi connectivity index (χ1v) is 13.1. The Kier molecular flexibility index (Phi) is 12.3. The van der Waals surface area contributed by atoms with E-state index in [9.17, 15) is 24.5 Å². The van der Waals surface area contributed by atoms with Crippen molar-refractivity contribution in [3.05, 3.63) is 118 Å². The van der Waals surface area contributed by atoms with Gasteiger partial charge in [-0.3, -0.25) is 24.5 Å². The van der Waals surface area contributed by atoms with Gasteiger partial charge in [0.2, 0.25) is 6.04 Å². The first-order chi connectivity index (χ1) is 19.4. The monoisotopic (exact) mass is 547 g/mol. The zero-order valence-corrected chi connectivity index (χ0v) is 22.2. The topological polar surface area (TPSA) is 122 Å². The normalized spacial score (nSPS) is 12.1. The van der Waals surface area contributed by atoms with E-state index in [0.29, 0.717) is 0 Å². The Bertz CT molecular complexity index is 1220. The largest absolute Gasteiger partial charge is 0.461 e. The van der Waals surface area contributed by atoms with Crippen molar-refractivity contribution in [2.75, 3.05) is 0 Å².